The van der Waals surface area contributed by atoms with Gasteiger partial charge in [-0.05, 0) is 38.0 Å². The molecular formula is C15H19NO3. The van der Waals surface area contributed by atoms with Crippen LogP contribution in [0.15, 0.2) is 18.2 Å². The van der Waals surface area contributed by atoms with Crippen LogP contribution in [0.1, 0.15) is 31.9 Å². The summed E-state index contributed by atoms with van der Waals surface area (Å²) in [6, 6.07) is 5.71. The molecule has 0 bridgehead atoms. The van der Waals surface area contributed by atoms with Crippen LogP contribution in [-0.2, 0) is 26.2 Å². The molecule has 1 aromatic carbocycles. The third-order valence-electron chi connectivity index (χ3n) is 3.59. The first-order valence-electron chi connectivity index (χ1n) is 6.45. The van der Waals surface area contributed by atoms with Crippen LogP contribution in [0, 0.1) is 0 Å². The molecule has 2 rings (SSSR count). The van der Waals surface area contributed by atoms with Gasteiger partial charge in [-0.1, -0.05) is 12.1 Å². The van der Waals surface area contributed by atoms with E-state index in [9.17, 15) is 9.59 Å². The fourth-order valence-electron chi connectivity index (χ4n) is 2.51. The summed E-state index contributed by atoms with van der Waals surface area (Å²) in [5.41, 5.74) is 2.24. The zero-order valence-corrected chi connectivity index (χ0v) is 11.8. The van der Waals surface area contributed by atoms with Gasteiger partial charge in [-0.3, -0.25) is 9.59 Å². The van der Waals surface area contributed by atoms with Gasteiger partial charge in [0, 0.05) is 12.7 Å². The summed E-state index contributed by atoms with van der Waals surface area (Å²) in [7, 11) is 1.78. The Labute approximate surface area is 113 Å². The van der Waals surface area contributed by atoms with Crippen molar-refractivity contribution in [3.05, 3.63) is 29.3 Å². The summed E-state index contributed by atoms with van der Waals surface area (Å²) in [5.74, 6) is -0.159. The molecular weight excluding hydrogens is 242 g/mol. The fraction of sp³-hybridized carbons (Fsp3) is 0.467. The van der Waals surface area contributed by atoms with Crippen molar-refractivity contribution in [1.29, 1.82) is 0 Å². The average molecular weight is 261 g/mol. The fourth-order valence-corrected chi connectivity index (χ4v) is 2.51. The zero-order chi connectivity index (χ0) is 14.2. The highest BCUT2D eigenvalue weighted by atomic mass is 16.5. The van der Waals surface area contributed by atoms with Gasteiger partial charge in [-0.25, -0.2) is 0 Å². The first kappa shape index (κ1) is 13.6. The lowest BCUT2D eigenvalue weighted by molar-refractivity contribution is -0.142. The molecule has 4 nitrogen and oxygen atoms in total. The number of carbonyl (C=O) groups is 2. The minimum Gasteiger partial charge on any atom is -0.466 e. The summed E-state index contributed by atoms with van der Waals surface area (Å²) in [6.07, 6.45) is 0.245. The van der Waals surface area contributed by atoms with E-state index in [1.165, 1.54) is 0 Å². The second-order valence-corrected chi connectivity index (χ2v) is 5.32. The van der Waals surface area contributed by atoms with Gasteiger partial charge >= 0.3 is 5.97 Å². The minimum absolute atomic E-state index is 0.0794. The second-order valence-electron chi connectivity index (χ2n) is 5.32. The Morgan fingerprint density at radius 2 is 2.05 bits per heavy atom. The van der Waals surface area contributed by atoms with Crippen molar-refractivity contribution >= 4 is 17.6 Å². The van der Waals surface area contributed by atoms with Crippen molar-refractivity contribution in [2.45, 2.75) is 32.6 Å². The molecule has 0 aromatic heterocycles. The minimum atomic E-state index is -0.533. The molecule has 0 unspecified atom stereocenters. The van der Waals surface area contributed by atoms with Crippen molar-refractivity contribution < 1.29 is 14.3 Å². The van der Waals surface area contributed by atoms with E-state index in [2.05, 4.69) is 0 Å². The topological polar surface area (TPSA) is 46.6 Å². The Morgan fingerprint density at radius 3 is 2.68 bits per heavy atom. The number of amides is 1. The standard InChI is InChI=1S/C15H19NO3/c1-5-19-13(17)9-10-6-7-12-11(8-10)15(2,3)14(18)16(12)4/h6-8H,5,9H2,1-4H3. The molecule has 1 aliphatic heterocycles. The number of nitrogens with zero attached hydrogens (tertiary/aromatic N) is 1. The molecule has 102 valence electrons. The molecule has 0 radical (unpaired) electrons. The lowest BCUT2D eigenvalue weighted by atomic mass is 9.85. The van der Waals surface area contributed by atoms with E-state index in [4.69, 9.17) is 4.74 Å². The van der Waals surface area contributed by atoms with Gasteiger partial charge in [-0.15, -0.1) is 0 Å². The number of carbonyl (C=O) groups excluding carboxylic acids is 2. The molecule has 0 spiro atoms. The van der Waals surface area contributed by atoms with Crippen molar-refractivity contribution in [3.63, 3.8) is 0 Å². The first-order chi connectivity index (χ1) is 8.87. The number of esters is 1. The monoisotopic (exact) mass is 261 g/mol. The summed E-state index contributed by atoms with van der Waals surface area (Å²) >= 11 is 0. The van der Waals surface area contributed by atoms with Crippen LogP contribution in [0.25, 0.3) is 0 Å². The number of hydrogen-bond acceptors (Lipinski definition) is 3. The Kier molecular flexibility index (Phi) is 3.35. The summed E-state index contributed by atoms with van der Waals surface area (Å²) < 4.78 is 4.94. The molecule has 0 fully saturated rings. The van der Waals surface area contributed by atoms with E-state index in [1.54, 1.807) is 18.9 Å². The van der Waals surface area contributed by atoms with Crippen LogP contribution >= 0.6 is 0 Å². The van der Waals surface area contributed by atoms with Crippen LogP contribution < -0.4 is 4.90 Å². The van der Waals surface area contributed by atoms with Gasteiger partial charge in [0.1, 0.15) is 0 Å². The van der Waals surface area contributed by atoms with E-state index in [-0.39, 0.29) is 18.3 Å². The number of hydrogen-bond donors (Lipinski definition) is 0. The highest BCUT2D eigenvalue weighted by molar-refractivity contribution is 6.07. The maximum absolute atomic E-state index is 12.2. The number of likely N-dealkylation sites (N-methyl/N-ethyl adjacent to an activating group) is 1. The normalized spacial score (nSPS) is 16.4. The lowest BCUT2D eigenvalue weighted by Gasteiger charge is -2.16. The van der Waals surface area contributed by atoms with Crippen molar-refractivity contribution in [1.82, 2.24) is 0 Å². The predicted molar refractivity (Wildman–Crippen MR) is 73.2 cm³/mol. The molecule has 1 aliphatic rings. The Balaban J connectivity index is 2.33. The van der Waals surface area contributed by atoms with Crippen molar-refractivity contribution in [2.24, 2.45) is 0 Å². The smallest absolute Gasteiger partial charge is 0.310 e. The van der Waals surface area contributed by atoms with Crippen LogP contribution in [-0.4, -0.2) is 25.5 Å². The molecule has 1 heterocycles. The Hall–Kier alpha value is -1.84. The molecule has 1 amide bonds. The molecule has 19 heavy (non-hydrogen) atoms. The molecule has 0 aliphatic carbocycles. The molecule has 4 heteroatoms. The van der Waals surface area contributed by atoms with Gasteiger partial charge < -0.3 is 9.64 Å². The molecule has 0 atom stereocenters. The average Bonchev–Trinajstić information content (AvgIpc) is 2.52. The summed E-state index contributed by atoms with van der Waals surface area (Å²) in [5, 5.41) is 0. The molecule has 0 saturated carbocycles. The van der Waals surface area contributed by atoms with Gasteiger partial charge in [0.15, 0.2) is 0 Å². The summed E-state index contributed by atoms with van der Waals surface area (Å²) in [6.45, 7) is 5.99. The van der Waals surface area contributed by atoms with Crippen LogP contribution in [0.4, 0.5) is 5.69 Å². The van der Waals surface area contributed by atoms with Gasteiger partial charge in [0.25, 0.3) is 0 Å². The number of anilines is 1. The number of ether oxygens (including phenoxy) is 1. The third-order valence-corrected chi connectivity index (χ3v) is 3.59. The Morgan fingerprint density at radius 1 is 1.37 bits per heavy atom. The van der Waals surface area contributed by atoms with E-state index in [0.29, 0.717) is 6.61 Å². The van der Waals surface area contributed by atoms with E-state index >= 15 is 0 Å². The van der Waals surface area contributed by atoms with Crippen LogP contribution in [0.3, 0.4) is 0 Å². The maximum Gasteiger partial charge on any atom is 0.310 e. The number of fused-ring (bicyclic) bond motifs is 1. The molecule has 1 aromatic rings. The van der Waals surface area contributed by atoms with E-state index < -0.39 is 5.41 Å². The van der Waals surface area contributed by atoms with Crippen molar-refractivity contribution in [2.75, 3.05) is 18.6 Å². The maximum atomic E-state index is 12.2. The molecule has 0 N–H and O–H groups in total. The predicted octanol–water partition coefficient (Wildman–Crippen LogP) is 2.05. The Bertz CT molecular complexity index is 534. The van der Waals surface area contributed by atoms with Crippen molar-refractivity contribution in [3.8, 4) is 0 Å². The van der Waals surface area contributed by atoms with Crippen LogP contribution in [0.5, 0.6) is 0 Å². The SMILES string of the molecule is CCOC(=O)Cc1ccc2c(c1)C(C)(C)C(=O)N2C. The van der Waals surface area contributed by atoms with Crippen LogP contribution in [0.2, 0.25) is 0 Å². The summed E-state index contributed by atoms with van der Waals surface area (Å²) in [4.78, 5) is 25.3. The quantitative estimate of drug-likeness (QED) is 0.782. The number of benzene rings is 1. The van der Waals surface area contributed by atoms with Gasteiger partial charge in [0.05, 0.1) is 18.4 Å². The lowest BCUT2D eigenvalue weighted by Crippen LogP contribution is -2.33. The van der Waals surface area contributed by atoms with E-state index in [1.807, 2.05) is 32.0 Å². The third kappa shape index (κ3) is 2.23. The first-order valence-corrected chi connectivity index (χ1v) is 6.45. The highest BCUT2D eigenvalue weighted by Crippen LogP contribution is 2.41. The highest BCUT2D eigenvalue weighted by Gasteiger charge is 2.42. The zero-order valence-electron chi connectivity index (χ0n) is 11.8. The molecule has 0 saturated heterocycles. The van der Waals surface area contributed by atoms with Gasteiger partial charge in [0.2, 0.25) is 5.91 Å². The van der Waals surface area contributed by atoms with E-state index in [0.717, 1.165) is 16.8 Å². The second kappa shape index (κ2) is 4.68. The van der Waals surface area contributed by atoms with Gasteiger partial charge in [-0.2, -0.15) is 0 Å². The number of rotatable bonds is 3. The largest absolute Gasteiger partial charge is 0.466 e.